The fourth-order valence-electron chi connectivity index (χ4n) is 2.19. The van der Waals surface area contributed by atoms with Gasteiger partial charge in [0.1, 0.15) is 5.82 Å². The molecule has 1 N–H and O–H groups in total. The number of carbonyl (C=O) groups is 2. The SMILES string of the molecule is O=C1CCCC(=O)N1Cc1cc(F)cc(C#CCCO)c1. The molecule has 1 fully saturated rings. The predicted molar refractivity (Wildman–Crippen MR) is 74.4 cm³/mol. The van der Waals surface area contributed by atoms with Crippen molar-refractivity contribution in [3.05, 3.63) is 35.1 Å². The van der Waals surface area contributed by atoms with Crippen molar-refractivity contribution in [3.63, 3.8) is 0 Å². The van der Waals surface area contributed by atoms with Gasteiger partial charge in [-0.25, -0.2) is 4.39 Å². The number of nitrogens with zero attached hydrogens (tertiary/aromatic N) is 1. The minimum absolute atomic E-state index is 0.0496. The lowest BCUT2D eigenvalue weighted by molar-refractivity contribution is -0.148. The summed E-state index contributed by atoms with van der Waals surface area (Å²) in [5, 5.41) is 8.67. The number of hydrogen-bond acceptors (Lipinski definition) is 3. The molecule has 1 aromatic rings. The summed E-state index contributed by atoms with van der Waals surface area (Å²) >= 11 is 0. The van der Waals surface area contributed by atoms with Crippen molar-refractivity contribution in [2.24, 2.45) is 0 Å². The second kappa shape index (κ2) is 7.00. The molecule has 1 aliphatic rings. The third kappa shape index (κ3) is 4.14. The standard InChI is InChI=1S/C16H16FNO3/c17-14-9-12(4-1-2-7-19)8-13(10-14)11-18-15(20)5-3-6-16(18)21/h8-10,19H,2-3,5-7,11H2. The van der Waals surface area contributed by atoms with Crippen LogP contribution in [0.15, 0.2) is 18.2 Å². The maximum Gasteiger partial charge on any atom is 0.229 e. The Morgan fingerprint density at radius 1 is 1.19 bits per heavy atom. The number of aliphatic hydroxyl groups excluding tert-OH is 1. The van der Waals surface area contributed by atoms with Crippen LogP contribution >= 0.6 is 0 Å². The van der Waals surface area contributed by atoms with E-state index in [0.29, 0.717) is 36.8 Å². The van der Waals surface area contributed by atoms with Gasteiger partial charge in [-0.15, -0.1) is 0 Å². The van der Waals surface area contributed by atoms with Gasteiger partial charge in [0.2, 0.25) is 11.8 Å². The zero-order valence-electron chi connectivity index (χ0n) is 11.6. The number of amides is 2. The van der Waals surface area contributed by atoms with Crippen molar-refractivity contribution >= 4 is 11.8 Å². The molecule has 0 atom stereocenters. The zero-order valence-corrected chi connectivity index (χ0v) is 11.6. The van der Waals surface area contributed by atoms with E-state index in [1.165, 1.54) is 17.0 Å². The van der Waals surface area contributed by atoms with E-state index in [2.05, 4.69) is 11.8 Å². The molecule has 0 unspecified atom stereocenters. The molecule has 110 valence electrons. The van der Waals surface area contributed by atoms with Crippen molar-refractivity contribution in [1.82, 2.24) is 4.90 Å². The molecular formula is C16H16FNO3. The minimum atomic E-state index is -0.460. The van der Waals surface area contributed by atoms with E-state index in [9.17, 15) is 14.0 Å². The quantitative estimate of drug-likeness (QED) is 0.679. The fourth-order valence-corrected chi connectivity index (χ4v) is 2.19. The highest BCUT2D eigenvalue weighted by Crippen LogP contribution is 2.17. The Morgan fingerprint density at radius 2 is 1.90 bits per heavy atom. The van der Waals surface area contributed by atoms with Gasteiger partial charge in [-0.05, 0) is 30.2 Å². The molecule has 0 aromatic heterocycles. The molecule has 2 rings (SSSR count). The highest BCUT2D eigenvalue weighted by molar-refractivity contribution is 5.97. The average molecular weight is 289 g/mol. The van der Waals surface area contributed by atoms with Crippen molar-refractivity contribution < 1.29 is 19.1 Å². The summed E-state index contributed by atoms with van der Waals surface area (Å²) in [6.07, 6.45) is 1.60. The molecule has 0 bridgehead atoms. The summed E-state index contributed by atoms with van der Waals surface area (Å²) in [5.74, 6) is 4.56. The Balaban J connectivity index is 2.18. The fraction of sp³-hybridized carbons (Fsp3) is 0.375. The van der Waals surface area contributed by atoms with Gasteiger partial charge < -0.3 is 5.11 Å². The number of halogens is 1. The van der Waals surface area contributed by atoms with Crippen molar-refractivity contribution in [1.29, 1.82) is 0 Å². The normalized spacial score (nSPS) is 14.9. The predicted octanol–water partition coefficient (Wildman–Crippen LogP) is 1.60. The van der Waals surface area contributed by atoms with E-state index in [1.54, 1.807) is 6.07 Å². The minimum Gasteiger partial charge on any atom is -0.395 e. The number of aliphatic hydroxyl groups is 1. The van der Waals surface area contributed by atoms with Gasteiger partial charge in [-0.3, -0.25) is 14.5 Å². The first kappa shape index (κ1) is 15.2. The van der Waals surface area contributed by atoms with Crippen LogP contribution in [0.2, 0.25) is 0 Å². The van der Waals surface area contributed by atoms with E-state index < -0.39 is 5.82 Å². The summed E-state index contributed by atoms with van der Waals surface area (Å²) in [4.78, 5) is 24.7. The number of piperidine rings is 1. The summed E-state index contributed by atoms with van der Waals surface area (Å²) in [6, 6.07) is 4.24. The van der Waals surface area contributed by atoms with Crippen molar-refractivity contribution in [3.8, 4) is 11.8 Å². The van der Waals surface area contributed by atoms with E-state index >= 15 is 0 Å². The third-order valence-electron chi connectivity index (χ3n) is 3.15. The Bertz CT molecular complexity index is 600. The van der Waals surface area contributed by atoms with Crippen molar-refractivity contribution in [2.75, 3.05) is 6.61 Å². The van der Waals surface area contributed by atoms with Crippen LogP contribution < -0.4 is 0 Å². The molecule has 1 heterocycles. The second-order valence-electron chi connectivity index (χ2n) is 4.85. The molecule has 2 amide bonds. The first-order valence-corrected chi connectivity index (χ1v) is 6.82. The average Bonchev–Trinajstić information content (AvgIpc) is 2.43. The molecule has 0 spiro atoms. The number of rotatable bonds is 3. The lowest BCUT2D eigenvalue weighted by Crippen LogP contribution is -2.39. The van der Waals surface area contributed by atoms with E-state index in [4.69, 9.17) is 5.11 Å². The van der Waals surface area contributed by atoms with E-state index in [-0.39, 0.29) is 25.0 Å². The summed E-state index contributed by atoms with van der Waals surface area (Å²) < 4.78 is 13.6. The summed E-state index contributed by atoms with van der Waals surface area (Å²) in [6.45, 7) is 0.0239. The number of hydrogen-bond donors (Lipinski definition) is 1. The van der Waals surface area contributed by atoms with Crippen LogP contribution in [0.5, 0.6) is 0 Å². The highest BCUT2D eigenvalue weighted by atomic mass is 19.1. The smallest absolute Gasteiger partial charge is 0.229 e. The lowest BCUT2D eigenvalue weighted by atomic mass is 10.1. The van der Waals surface area contributed by atoms with Gasteiger partial charge in [0.05, 0.1) is 13.2 Å². The van der Waals surface area contributed by atoms with Crippen LogP contribution in [0.1, 0.15) is 36.8 Å². The van der Waals surface area contributed by atoms with Gasteiger partial charge in [-0.2, -0.15) is 0 Å². The van der Waals surface area contributed by atoms with Gasteiger partial charge in [0.25, 0.3) is 0 Å². The number of imide groups is 1. The number of likely N-dealkylation sites (tertiary alicyclic amines) is 1. The zero-order chi connectivity index (χ0) is 15.2. The Morgan fingerprint density at radius 3 is 2.57 bits per heavy atom. The van der Waals surface area contributed by atoms with Gasteiger partial charge in [-0.1, -0.05) is 11.8 Å². The van der Waals surface area contributed by atoms with Gasteiger partial charge in [0.15, 0.2) is 0 Å². The van der Waals surface area contributed by atoms with Crippen LogP contribution in [0.25, 0.3) is 0 Å². The largest absolute Gasteiger partial charge is 0.395 e. The maximum atomic E-state index is 13.6. The first-order chi connectivity index (χ1) is 10.1. The van der Waals surface area contributed by atoms with Gasteiger partial charge in [0, 0.05) is 24.8 Å². The molecule has 4 nitrogen and oxygen atoms in total. The molecule has 1 saturated heterocycles. The topological polar surface area (TPSA) is 57.6 Å². The number of carbonyl (C=O) groups excluding carboxylic acids is 2. The number of benzene rings is 1. The molecule has 21 heavy (non-hydrogen) atoms. The molecular weight excluding hydrogens is 273 g/mol. The van der Waals surface area contributed by atoms with E-state index in [0.717, 1.165) is 0 Å². The van der Waals surface area contributed by atoms with Crippen LogP contribution in [0.3, 0.4) is 0 Å². The Labute approximate surface area is 122 Å². The third-order valence-corrected chi connectivity index (χ3v) is 3.15. The molecule has 0 radical (unpaired) electrons. The second-order valence-corrected chi connectivity index (χ2v) is 4.85. The molecule has 1 aromatic carbocycles. The van der Waals surface area contributed by atoms with Crippen LogP contribution in [-0.4, -0.2) is 28.4 Å². The summed E-state index contributed by atoms with van der Waals surface area (Å²) in [5.41, 5.74) is 1.00. The summed E-state index contributed by atoms with van der Waals surface area (Å²) in [7, 11) is 0. The Kier molecular flexibility index (Phi) is 5.07. The molecule has 5 heteroatoms. The van der Waals surface area contributed by atoms with Crippen LogP contribution in [-0.2, 0) is 16.1 Å². The molecule has 1 aliphatic heterocycles. The van der Waals surface area contributed by atoms with E-state index in [1.807, 2.05) is 0 Å². The monoisotopic (exact) mass is 289 g/mol. The van der Waals surface area contributed by atoms with Crippen LogP contribution in [0.4, 0.5) is 4.39 Å². The maximum absolute atomic E-state index is 13.6. The highest BCUT2D eigenvalue weighted by Gasteiger charge is 2.25. The van der Waals surface area contributed by atoms with Crippen LogP contribution in [0, 0.1) is 17.7 Å². The molecule has 0 aliphatic carbocycles. The Hall–Kier alpha value is -2.19. The van der Waals surface area contributed by atoms with Crippen molar-refractivity contribution in [2.45, 2.75) is 32.2 Å². The molecule has 0 saturated carbocycles. The first-order valence-electron chi connectivity index (χ1n) is 6.82. The lowest BCUT2D eigenvalue weighted by Gasteiger charge is -2.24. The van der Waals surface area contributed by atoms with Gasteiger partial charge >= 0.3 is 0 Å².